The summed E-state index contributed by atoms with van der Waals surface area (Å²) in [4.78, 5) is 12.6. The monoisotopic (exact) mass is 533 g/mol. The molecule has 1 N–H and O–H groups in total. The Morgan fingerprint density at radius 2 is 1.91 bits per heavy atom. The topological polar surface area (TPSA) is 106 Å². The average molecular weight is 534 g/mol. The summed E-state index contributed by atoms with van der Waals surface area (Å²) in [5.74, 6) is 0.420. The number of sulfonamides is 1. The molecule has 1 aliphatic heterocycles. The van der Waals surface area contributed by atoms with Crippen LogP contribution in [0.4, 0.5) is 5.69 Å². The molecule has 0 aliphatic carbocycles. The Bertz CT molecular complexity index is 1310. The molecule has 0 spiro atoms. The van der Waals surface area contributed by atoms with Gasteiger partial charge in [-0.2, -0.15) is 4.31 Å². The van der Waals surface area contributed by atoms with E-state index in [-0.39, 0.29) is 34.7 Å². The Balaban J connectivity index is 1.46. The van der Waals surface area contributed by atoms with E-state index in [0.29, 0.717) is 36.4 Å². The number of nitrogens with one attached hydrogen (secondary N) is 1. The first kappa shape index (κ1) is 25.4. The predicted octanol–water partition coefficient (Wildman–Crippen LogP) is 3.54. The minimum absolute atomic E-state index is 0.0512. The number of halogens is 1. The summed E-state index contributed by atoms with van der Waals surface area (Å²) in [6.45, 7) is 5.44. The highest BCUT2D eigenvalue weighted by atomic mass is 35.5. The smallest absolute Gasteiger partial charge is 0.244 e. The molecule has 35 heavy (non-hydrogen) atoms. The lowest BCUT2D eigenvalue weighted by Crippen LogP contribution is -2.40. The number of thioether (sulfide) groups is 1. The summed E-state index contributed by atoms with van der Waals surface area (Å²) in [7, 11) is -3.81. The summed E-state index contributed by atoms with van der Waals surface area (Å²) in [6, 6.07) is 14.0. The molecule has 2 heterocycles. The maximum absolute atomic E-state index is 13.0. The van der Waals surface area contributed by atoms with Gasteiger partial charge in [0.15, 0.2) is 11.0 Å². The Kier molecular flexibility index (Phi) is 8.24. The van der Waals surface area contributed by atoms with Crippen LogP contribution in [0, 0.1) is 0 Å². The van der Waals surface area contributed by atoms with Gasteiger partial charge in [-0.25, -0.2) is 8.42 Å². The third-order valence-electron chi connectivity index (χ3n) is 5.20. The summed E-state index contributed by atoms with van der Waals surface area (Å²) in [5, 5.41) is 11.9. The molecule has 4 rings (SSSR count). The second-order valence-electron chi connectivity index (χ2n) is 7.57. The van der Waals surface area contributed by atoms with E-state index in [4.69, 9.17) is 16.3 Å². The molecule has 0 unspecified atom stereocenters. The molecule has 2 aromatic carbocycles. The van der Waals surface area contributed by atoms with Gasteiger partial charge in [-0.05, 0) is 18.2 Å². The van der Waals surface area contributed by atoms with E-state index in [1.165, 1.54) is 28.2 Å². The van der Waals surface area contributed by atoms with Crippen LogP contribution >= 0.6 is 23.4 Å². The van der Waals surface area contributed by atoms with Crippen LogP contribution < -0.4 is 5.32 Å². The zero-order valence-corrected chi connectivity index (χ0v) is 21.2. The van der Waals surface area contributed by atoms with Gasteiger partial charge in [-0.3, -0.25) is 9.36 Å². The first-order valence-corrected chi connectivity index (χ1v) is 13.6. The van der Waals surface area contributed by atoms with E-state index in [0.717, 1.165) is 5.56 Å². The quantitative estimate of drug-likeness (QED) is 0.331. The van der Waals surface area contributed by atoms with Crippen molar-refractivity contribution in [3.8, 4) is 11.4 Å². The van der Waals surface area contributed by atoms with Gasteiger partial charge in [0.1, 0.15) is 4.90 Å². The zero-order valence-electron chi connectivity index (χ0n) is 18.8. The van der Waals surface area contributed by atoms with E-state index in [2.05, 4.69) is 22.1 Å². The van der Waals surface area contributed by atoms with Gasteiger partial charge < -0.3 is 10.1 Å². The second-order valence-corrected chi connectivity index (χ2v) is 10.8. The van der Waals surface area contributed by atoms with Gasteiger partial charge in [0.2, 0.25) is 15.9 Å². The molecule has 1 saturated heterocycles. The summed E-state index contributed by atoms with van der Waals surface area (Å²) >= 11 is 7.43. The minimum Gasteiger partial charge on any atom is -0.379 e. The Morgan fingerprint density at radius 3 is 2.63 bits per heavy atom. The number of hydrogen-bond acceptors (Lipinski definition) is 7. The molecule has 3 aromatic rings. The lowest BCUT2D eigenvalue weighted by Gasteiger charge is -2.26. The first-order chi connectivity index (χ1) is 16.9. The van der Waals surface area contributed by atoms with E-state index in [1.807, 2.05) is 34.9 Å². The number of hydrogen-bond donors (Lipinski definition) is 1. The lowest BCUT2D eigenvalue weighted by molar-refractivity contribution is -0.113. The highest BCUT2D eigenvalue weighted by Gasteiger charge is 2.28. The standard InChI is InChI=1S/C23H24ClN5O4S2/c1-2-10-29-22(17-6-4-3-5-7-17)26-27-23(29)34-16-21(30)25-18-8-9-19(24)20(15-18)35(31,32)28-11-13-33-14-12-28/h2-9,15H,1,10-14,16H2,(H,25,30). The maximum atomic E-state index is 13.0. The normalized spacial score (nSPS) is 14.5. The zero-order chi connectivity index (χ0) is 24.8. The fraction of sp³-hybridized carbons (Fsp3) is 0.261. The SMILES string of the molecule is C=CCn1c(SCC(=O)Nc2ccc(Cl)c(S(=O)(=O)N3CCOCC3)c2)nnc1-c1ccccc1. The molecule has 0 atom stereocenters. The van der Waals surface area contributed by atoms with E-state index in [1.54, 1.807) is 12.1 Å². The van der Waals surface area contributed by atoms with Crippen molar-refractivity contribution in [1.82, 2.24) is 19.1 Å². The number of carbonyl (C=O) groups is 1. The number of morpholine rings is 1. The molecule has 1 fully saturated rings. The summed E-state index contributed by atoms with van der Waals surface area (Å²) in [5.41, 5.74) is 1.25. The number of aromatic nitrogens is 3. The van der Waals surface area contributed by atoms with Crippen LogP contribution in [0.15, 0.2) is 71.2 Å². The number of rotatable bonds is 9. The average Bonchev–Trinajstić information content (AvgIpc) is 3.27. The number of nitrogens with zero attached hydrogens (tertiary/aromatic N) is 4. The van der Waals surface area contributed by atoms with Crippen LogP contribution in [0.3, 0.4) is 0 Å². The van der Waals surface area contributed by atoms with E-state index >= 15 is 0 Å². The number of amides is 1. The third-order valence-corrected chi connectivity index (χ3v) is 8.54. The fourth-order valence-corrected chi connectivity index (χ4v) is 6.18. The summed E-state index contributed by atoms with van der Waals surface area (Å²) in [6.07, 6.45) is 1.74. The van der Waals surface area contributed by atoms with Crippen LogP contribution in [0.2, 0.25) is 5.02 Å². The molecular weight excluding hydrogens is 510 g/mol. The molecule has 0 radical (unpaired) electrons. The van der Waals surface area contributed by atoms with Crippen LogP contribution in [0.1, 0.15) is 0 Å². The molecule has 9 nitrogen and oxygen atoms in total. The number of benzene rings is 2. The highest BCUT2D eigenvalue weighted by molar-refractivity contribution is 7.99. The van der Waals surface area contributed by atoms with E-state index in [9.17, 15) is 13.2 Å². The minimum atomic E-state index is -3.81. The molecule has 1 amide bonds. The molecule has 12 heteroatoms. The highest BCUT2D eigenvalue weighted by Crippen LogP contribution is 2.29. The van der Waals surface area contributed by atoms with Crippen LogP contribution in [0.25, 0.3) is 11.4 Å². The molecule has 1 aromatic heterocycles. The van der Waals surface area contributed by atoms with Crippen LogP contribution in [-0.4, -0.2) is 65.5 Å². The second kappa shape index (κ2) is 11.4. The lowest BCUT2D eigenvalue weighted by atomic mass is 10.2. The molecule has 0 bridgehead atoms. The maximum Gasteiger partial charge on any atom is 0.244 e. The van der Waals surface area contributed by atoms with Gasteiger partial charge in [0, 0.05) is 30.9 Å². The van der Waals surface area contributed by atoms with Crippen molar-refractivity contribution in [3.05, 3.63) is 66.2 Å². The fourth-order valence-electron chi connectivity index (χ4n) is 3.52. The van der Waals surface area contributed by atoms with Crippen LogP contribution in [0.5, 0.6) is 0 Å². The molecule has 184 valence electrons. The predicted molar refractivity (Wildman–Crippen MR) is 136 cm³/mol. The number of allylic oxidation sites excluding steroid dienone is 1. The number of carbonyl (C=O) groups excluding carboxylic acids is 1. The van der Waals surface area contributed by atoms with Crippen molar-refractivity contribution in [1.29, 1.82) is 0 Å². The van der Waals surface area contributed by atoms with Crippen LogP contribution in [-0.2, 0) is 26.1 Å². The first-order valence-electron chi connectivity index (χ1n) is 10.8. The third kappa shape index (κ3) is 5.93. The number of anilines is 1. The van der Waals surface area contributed by atoms with Crippen molar-refractivity contribution in [2.45, 2.75) is 16.6 Å². The Labute approximate surface area is 213 Å². The van der Waals surface area contributed by atoms with Crippen molar-refractivity contribution < 1.29 is 17.9 Å². The van der Waals surface area contributed by atoms with Gasteiger partial charge in [-0.1, -0.05) is 59.8 Å². The van der Waals surface area contributed by atoms with Gasteiger partial charge >= 0.3 is 0 Å². The van der Waals surface area contributed by atoms with Crippen molar-refractivity contribution >= 4 is 45.0 Å². The largest absolute Gasteiger partial charge is 0.379 e. The Hall–Kier alpha value is -2.70. The Morgan fingerprint density at radius 1 is 1.17 bits per heavy atom. The van der Waals surface area contributed by atoms with Gasteiger partial charge in [0.25, 0.3) is 0 Å². The van der Waals surface area contributed by atoms with Gasteiger partial charge in [0.05, 0.1) is 24.0 Å². The number of ether oxygens (including phenoxy) is 1. The van der Waals surface area contributed by atoms with Crippen molar-refractivity contribution in [3.63, 3.8) is 0 Å². The molecule has 0 saturated carbocycles. The summed E-state index contributed by atoms with van der Waals surface area (Å²) < 4.78 is 34.5. The molecular formula is C23H24ClN5O4S2. The van der Waals surface area contributed by atoms with Gasteiger partial charge in [-0.15, -0.1) is 16.8 Å². The van der Waals surface area contributed by atoms with Crippen molar-refractivity contribution in [2.75, 3.05) is 37.4 Å². The molecule has 1 aliphatic rings. The van der Waals surface area contributed by atoms with Crippen molar-refractivity contribution in [2.24, 2.45) is 0 Å². The van der Waals surface area contributed by atoms with E-state index < -0.39 is 10.0 Å².